The molecule has 4 aromatic rings. The van der Waals surface area contributed by atoms with Crippen LogP contribution in [0.25, 0.3) is 11.0 Å². The molecule has 0 spiro atoms. The van der Waals surface area contributed by atoms with Crippen LogP contribution in [0.3, 0.4) is 0 Å². The average Bonchev–Trinajstić information content (AvgIpc) is 3.19. The number of para-hydroxylation sites is 1. The molecule has 0 saturated heterocycles. The predicted octanol–water partition coefficient (Wildman–Crippen LogP) is 4.81. The van der Waals surface area contributed by atoms with Crippen LogP contribution in [0.1, 0.15) is 34.6 Å². The molecular weight excluding hydrogens is 392 g/mol. The van der Waals surface area contributed by atoms with Crippen LogP contribution in [0, 0.1) is 0 Å². The molecule has 3 aromatic carbocycles. The zero-order valence-corrected chi connectivity index (χ0v) is 17.0. The van der Waals surface area contributed by atoms with Crippen molar-refractivity contribution in [2.45, 2.75) is 19.4 Å². The minimum absolute atomic E-state index is 0.130. The fraction of sp³-hybridized carbons (Fsp3) is 0.120. The largest absolute Gasteiger partial charge is 0.508 e. The van der Waals surface area contributed by atoms with Gasteiger partial charge in [-0.15, -0.1) is 0 Å². The first-order chi connectivity index (χ1) is 15.0. The molecule has 4 rings (SSSR count). The van der Waals surface area contributed by atoms with Crippen LogP contribution in [0.2, 0.25) is 0 Å². The molecule has 6 nitrogen and oxygen atoms in total. The van der Waals surface area contributed by atoms with Crippen molar-refractivity contribution in [3.05, 3.63) is 95.7 Å². The van der Waals surface area contributed by atoms with Gasteiger partial charge in [0.25, 0.3) is 5.91 Å². The smallest absolute Gasteiger partial charge is 0.291 e. The van der Waals surface area contributed by atoms with Crippen molar-refractivity contribution in [3.63, 3.8) is 0 Å². The van der Waals surface area contributed by atoms with E-state index in [0.29, 0.717) is 11.3 Å². The standard InChI is InChI=1S/C25H22N2O4/c1-16(18-6-4-7-21(28)14-18)26-24(29)13-17-9-11-20(12-10-17)27-25(30)23-15-19-5-2-3-8-22(19)31-23/h2-12,14-16,28H,13H2,1H3,(H,26,29)(H,27,30). The molecule has 1 heterocycles. The zero-order valence-electron chi connectivity index (χ0n) is 17.0. The number of anilines is 1. The molecular formula is C25H22N2O4. The average molecular weight is 414 g/mol. The van der Waals surface area contributed by atoms with Crippen molar-refractivity contribution in [2.24, 2.45) is 0 Å². The number of rotatable bonds is 6. The predicted molar refractivity (Wildman–Crippen MR) is 119 cm³/mol. The van der Waals surface area contributed by atoms with Gasteiger partial charge in [0.15, 0.2) is 5.76 Å². The quantitative estimate of drug-likeness (QED) is 0.422. The molecule has 0 radical (unpaired) electrons. The number of aromatic hydroxyl groups is 1. The van der Waals surface area contributed by atoms with Gasteiger partial charge < -0.3 is 20.2 Å². The van der Waals surface area contributed by atoms with Crippen molar-refractivity contribution < 1.29 is 19.1 Å². The molecule has 0 aliphatic carbocycles. The molecule has 0 aliphatic heterocycles. The molecule has 1 atom stereocenters. The van der Waals surface area contributed by atoms with E-state index in [1.54, 1.807) is 48.5 Å². The summed E-state index contributed by atoms with van der Waals surface area (Å²) < 4.78 is 5.58. The Morgan fingerprint density at radius 1 is 0.968 bits per heavy atom. The van der Waals surface area contributed by atoms with Crippen molar-refractivity contribution in [3.8, 4) is 5.75 Å². The number of phenolic OH excluding ortho intramolecular Hbond substituents is 1. The van der Waals surface area contributed by atoms with Gasteiger partial charge in [-0.25, -0.2) is 0 Å². The maximum Gasteiger partial charge on any atom is 0.291 e. The minimum atomic E-state index is -0.332. The highest BCUT2D eigenvalue weighted by Crippen LogP contribution is 2.21. The van der Waals surface area contributed by atoms with Crippen molar-refractivity contribution in [1.82, 2.24) is 5.32 Å². The lowest BCUT2D eigenvalue weighted by molar-refractivity contribution is -0.121. The molecule has 0 bridgehead atoms. The van der Waals surface area contributed by atoms with Gasteiger partial charge in [0.1, 0.15) is 11.3 Å². The van der Waals surface area contributed by atoms with Gasteiger partial charge in [-0.05, 0) is 54.4 Å². The summed E-state index contributed by atoms with van der Waals surface area (Å²) in [4.78, 5) is 24.8. The van der Waals surface area contributed by atoms with Crippen molar-refractivity contribution in [2.75, 3.05) is 5.32 Å². The highest BCUT2D eigenvalue weighted by Gasteiger charge is 2.13. The minimum Gasteiger partial charge on any atom is -0.508 e. The Balaban J connectivity index is 1.34. The Morgan fingerprint density at radius 2 is 1.74 bits per heavy atom. The van der Waals surface area contributed by atoms with Gasteiger partial charge >= 0.3 is 0 Å². The van der Waals surface area contributed by atoms with E-state index in [2.05, 4.69) is 10.6 Å². The second kappa shape index (κ2) is 8.75. The molecule has 2 amide bonds. The molecule has 6 heteroatoms. The summed E-state index contributed by atoms with van der Waals surface area (Å²) in [6.07, 6.45) is 0.209. The second-order valence-electron chi connectivity index (χ2n) is 7.36. The first-order valence-electron chi connectivity index (χ1n) is 9.95. The Labute approximate surface area is 179 Å². The van der Waals surface area contributed by atoms with E-state index in [0.717, 1.165) is 16.5 Å². The van der Waals surface area contributed by atoms with E-state index in [9.17, 15) is 14.7 Å². The lowest BCUT2D eigenvalue weighted by Gasteiger charge is -2.14. The normalized spacial score (nSPS) is 11.8. The maximum atomic E-state index is 12.4. The van der Waals surface area contributed by atoms with Crippen LogP contribution in [-0.2, 0) is 11.2 Å². The van der Waals surface area contributed by atoms with E-state index in [-0.39, 0.29) is 35.8 Å². The first-order valence-corrected chi connectivity index (χ1v) is 9.95. The number of nitrogens with one attached hydrogen (secondary N) is 2. The first kappa shape index (κ1) is 20.2. The summed E-state index contributed by atoms with van der Waals surface area (Å²) in [5.41, 5.74) is 2.93. The molecule has 3 N–H and O–H groups in total. The Hall–Kier alpha value is -4.06. The third kappa shape index (κ3) is 4.93. The molecule has 31 heavy (non-hydrogen) atoms. The van der Waals surface area contributed by atoms with E-state index in [1.807, 2.05) is 37.3 Å². The number of hydrogen-bond donors (Lipinski definition) is 3. The number of fused-ring (bicyclic) bond motifs is 1. The van der Waals surface area contributed by atoms with E-state index in [4.69, 9.17) is 4.42 Å². The summed E-state index contributed by atoms with van der Waals surface area (Å²) in [5, 5.41) is 16.2. The molecule has 0 fully saturated rings. The van der Waals surface area contributed by atoms with E-state index in [1.165, 1.54) is 0 Å². The van der Waals surface area contributed by atoms with Crippen LogP contribution in [-0.4, -0.2) is 16.9 Å². The fourth-order valence-electron chi connectivity index (χ4n) is 3.35. The lowest BCUT2D eigenvalue weighted by atomic mass is 10.1. The van der Waals surface area contributed by atoms with Gasteiger partial charge in [-0.3, -0.25) is 9.59 Å². The van der Waals surface area contributed by atoms with Gasteiger partial charge in [-0.1, -0.05) is 42.5 Å². The van der Waals surface area contributed by atoms with Gasteiger partial charge in [0.2, 0.25) is 5.91 Å². The number of furan rings is 1. The molecule has 1 aromatic heterocycles. The third-order valence-electron chi connectivity index (χ3n) is 4.97. The maximum absolute atomic E-state index is 12.4. The fourth-order valence-corrected chi connectivity index (χ4v) is 3.35. The van der Waals surface area contributed by atoms with Crippen LogP contribution in [0.15, 0.2) is 83.3 Å². The van der Waals surface area contributed by atoms with Crippen molar-refractivity contribution in [1.29, 1.82) is 0 Å². The number of carbonyl (C=O) groups is 2. The Bertz CT molecular complexity index is 1190. The Morgan fingerprint density at radius 3 is 2.48 bits per heavy atom. The summed E-state index contributed by atoms with van der Waals surface area (Å²) in [6, 6.07) is 22.8. The molecule has 156 valence electrons. The number of hydrogen-bond acceptors (Lipinski definition) is 4. The topological polar surface area (TPSA) is 91.6 Å². The van der Waals surface area contributed by atoms with Crippen LogP contribution < -0.4 is 10.6 Å². The summed E-state index contributed by atoms with van der Waals surface area (Å²) in [6.45, 7) is 1.86. The summed E-state index contributed by atoms with van der Waals surface area (Å²) in [7, 11) is 0. The summed E-state index contributed by atoms with van der Waals surface area (Å²) in [5.74, 6) is -0.0546. The van der Waals surface area contributed by atoms with Gasteiger partial charge in [0.05, 0.1) is 12.5 Å². The lowest BCUT2D eigenvalue weighted by Crippen LogP contribution is -2.28. The third-order valence-corrected chi connectivity index (χ3v) is 4.97. The number of phenols is 1. The highest BCUT2D eigenvalue weighted by molar-refractivity contribution is 6.04. The molecule has 1 unspecified atom stereocenters. The number of amides is 2. The van der Waals surface area contributed by atoms with Crippen LogP contribution in [0.5, 0.6) is 5.75 Å². The van der Waals surface area contributed by atoms with E-state index >= 15 is 0 Å². The monoisotopic (exact) mass is 414 g/mol. The summed E-state index contributed by atoms with van der Waals surface area (Å²) >= 11 is 0. The second-order valence-corrected chi connectivity index (χ2v) is 7.36. The van der Waals surface area contributed by atoms with Gasteiger partial charge in [0, 0.05) is 11.1 Å². The van der Waals surface area contributed by atoms with Crippen LogP contribution in [0.4, 0.5) is 5.69 Å². The van der Waals surface area contributed by atoms with Gasteiger partial charge in [-0.2, -0.15) is 0 Å². The number of benzene rings is 3. The SMILES string of the molecule is CC(NC(=O)Cc1ccc(NC(=O)c2cc3ccccc3o2)cc1)c1cccc(O)c1. The molecule has 0 aliphatic rings. The van der Waals surface area contributed by atoms with Crippen LogP contribution >= 0.6 is 0 Å². The Kier molecular flexibility index (Phi) is 5.71. The van der Waals surface area contributed by atoms with Crippen molar-refractivity contribution >= 4 is 28.5 Å². The van der Waals surface area contributed by atoms with E-state index < -0.39 is 0 Å². The number of carbonyl (C=O) groups excluding carboxylic acids is 2. The highest BCUT2D eigenvalue weighted by atomic mass is 16.3. The molecule has 0 saturated carbocycles. The zero-order chi connectivity index (χ0) is 21.8.